The zero-order valence-corrected chi connectivity index (χ0v) is 6.52. The number of hydrogen-bond donors (Lipinski definition) is 0. The van der Waals surface area contributed by atoms with Gasteiger partial charge in [0.05, 0.1) is 0 Å². The number of rotatable bonds is 1. The molecule has 1 rings (SSSR count). The quantitative estimate of drug-likeness (QED) is 0.424. The van der Waals surface area contributed by atoms with Crippen molar-refractivity contribution in [1.82, 2.24) is 0 Å². The third-order valence-corrected chi connectivity index (χ3v) is 2.57. The summed E-state index contributed by atoms with van der Waals surface area (Å²) in [6.45, 7) is 3.76. The lowest BCUT2D eigenvalue weighted by atomic mass is 10.1. The Morgan fingerprint density at radius 3 is 2.50 bits per heavy atom. The standard InChI is InChI=1S/C7H11Br/c1-2-6-3-4-7(8)5-6/h2,6-7H,1,3-5H2/t6-,7-/m1/s1. The summed E-state index contributed by atoms with van der Waals surface area (Å²) in [7, 11) is 0. The van der Waals surface area contributed by atoms with E-state index in [1.165, 1.54) is 19.3 Å². The maximum Gasteiger partial charge on any atom is 0.0151 e. The van der Waals surface area contributed by atoms with Crippen LogP contribution in [0.5, 0.6) is 0 Å². The molecule has 1 heteroatoms. The van der Waals surface area contributed by atoms with Gasteiger partial charge in [-0.15, -0.1) is 6.58 Å². The molecule has 2 atom stereocenters. The molecule has 0 unspecified atom stereocenters. The highest BCUT2D eigenvalue weighted by Crippen LogP contribution is 2.30. The molecule has 1 aliphatic carbocycles. The minimum atomic E-state index is 0.769. The van der Waals surface area contributed by atoms with Crippen molar-refractivity contribution in [3.63, 3.8) is 0 Å². The van der Waals surface area contributed by atoms with Crippen molar-refractivity contribution in [2.24, 2.45) is 5.92 Å². The molecule has 0 nitrogen and oxygen atoms in total. The summed E-state index contributed by atoms with van der Waals surface area (Å²) in [6, 6.07) is 0. The molecular formula is C7H11Br. The number of halogens is 1. The number of alkyl halides is 1. The van der Waals surface area contributed by atoms with Gasteiger partial charge >= 0.3 is 0 Å². The van der Waals surface area contributed by atoms with E-state index in [9.17, 15) is 0 Å². The second-order valence-corrected chi connectivity index (χ2v) is 3.70. The molecule has 8 heavy (non-hydrogen) atoms. The van der Waals surface area contributed by atoms with Gasteiger partial charge in [0, 0.05) is 4.83 Å². The predicted octanol–water partition coefficient (Wildman–Crippen LogP) is 2.74. The molecule has 1 aliphatic rings. The molecule has 0 heterocycles. The van der Waals surface area contributed by atoms with Crippen LogP contribution in [0, 0.1) is 5.92 Å². The van der Waals surface area contributed by atoms with Crippen LogP contribution in [-0.4, -0.2) is 4.83 Å². The van der Waals surface area contributed by atoms with E-state index >= 15 is 0 Å². The second kappa shape index (κ2) is 2.67. The third-order valence-electron chi connectivity index (χ3n) is 1.74. The van der Waals surface area contributed by atoms with E-state index in [1.54, 1.807) is 0 Å². The first-order valence-electron chi connectivity index (χ1n) is 3.09. The van der Waals surface area contributed by atoms with Gasteiger partial charge in [-0.25, -0.2) is 0 Å². The van der Waals surface area contributed by atoms with Crippen LogP contribution in [0.15, 0.2) is 12.7 Å². The van der Waals surface area contributed by atoms with Crippen LogP contribution in [0.4, 0.5) is 0 Å². The molecule has 1 fully saturated rings. The molecule has 0 saturated heterocycles. The molecule has 0 amide bonds. The Bertz CT molecular complexity index is 88.4. The van der Waals surface area contributed by atoms with Crippen LogP contribution in [0.1, 0.15) is 19.3 Å². The van der Waals surface area contributed by atoms with Crippen molar-refractivity contribution in [1.29, 1.82) is 0 Å². The Hall–Kier alpha value is 0.220. The Balaban J connectivity index is 2.32. The van der Waals surface area contributed by atoms with Crippen LogP contribution in [-0.2, 0) is 0 Å². The molecule has 0 radical (unpaired) electrons. The van der Waals surface area contributed by atoms with E-state index in [0.717, 1.165) is 10.7 Å². The van der Waals surface area contributed by atoms with E-state index < -0.39 is 0 Å². The van der Waals surface area contributed by atoms with Gasteiger partial charge in [-0.3, -0.25) is 0 Å². The van der Waals surface area contributed by atoms with Gasteiger partial charge in [-0.2, -0.15) is 0 Å². The second-order valence-electron chi connectivity index (χ2n) is 2.41. The first kappa shape index (κ1) is 6.34. The molecule has 0 bridgehead atoms. The minimum absolute atomic E-state index is 0.769. The van der Waals surface area contributed by atoms with Crippen molar-refractivity contribution in [2.45, 2.75) is 24.1 Å². The number of allylic oxidation sites excluding steroid dienone is 1. The van der Waals surface area contributed by atoms with Crippen LogP contribution in [0.3, 0.4) is 0 Å². The van der Waals surface area contributed by atoms with Gasteiger partial charge in [-0.05, 0) is 25.2 Å². The zero-order chi connectivity index (χ0) is 5.98. The maximum absolute atomic E-state index is 3.76. The van der Waals surface area contributed by atoms with Gasteiger partial charge in [0.25, 0.3) is 0 Å². The molecule has 0 aromatic rings. The highest BCUT2D eigenvalue weighted by molar-refractivity contribution is 9.09. The molecule has 0 aromatic heterocycles. The SMILES string of the molecule is C=C[C@@H]1CC[C@@H](Br)C1. The first-order chi connectivity index (χ1) is 3.83. The van der Waals surface area contributed by atoms with Crippen molar-refractivity contribution >= 4 is 15.9 Å². The summed E-state index contributed by atoms with van der Waals surface area (Å²) in [5.41, 5.74) is 0. The Morgan fingerprint density at radius 1 is 1.50 bits per heavy atom. The van der Waals surface area contributed by atoms with E-state index in [-0.39, 0.29) is 0 Å². The van der Waals surface area contributed by atoms with Crippen LogP contribution >= 0.6 is 15.9 Å². The zero-order valence-electron chi connectivity index (χ0n) is 4.94. The fraction of sp³-hybridized carbons (Fsp3) is 0.714. The fourth-order valence-electron chi connectivity index (χ4n) is 1.17. The van der Waals surface area contributed by atoms with E-state index in [4.69, 9.17) is 0 Å². The van der Waals surface area contributed by atoms with Gasteiger partial charge in [0.15, 0.2) is 0 Å². The Morgan fingerprint density at radius 2 is 2.25 bits per heavy atom. The monoisotopic (exact) mass is 174 g/mol. The Kier molecular flexibility index (Phi) is 2.12. The molecular weight excluding hydrogens is 164 g/mol. The average molecular weight is 175 g/mol. The Labute approximate surface area is 59.1 Å². The average Bonchev–Trinajstić information content (AvgIpc) is 2.14. The summed E-state index contributed by atoms with van der Waals surface area (Å²) in [5.74, 6) is 0.791. The van der Waals surface area contributed by atoms with Crippen LogP contribution < -0.4 is 0 Å². The van der Waals surface area contributed by atoms with Gasteiger partial charge in [-0.1, -0.05) is 22.0 Å². The van der Waals surface area contributed by atoms with Gasteiger partial charge in [0.2, 0.25) is 0 Å². The maximum atomic E-state index is 3.76. The van der Waals surface area contributed by atoms with E-state index in [0.29, 0.717) is 0 Å². The lowest BCUT2D eigenvalue weighted by molar-refractivity contribution is 0.690. The molecule has 0 aliphatic heterocycles. The topological polar surface area (TPSA) is 0 Å². The molecule has 0 spiro atoms. The van der Waals surface area contributed by atoms with Crippen molar-refractivity contribution < 1.29 is 0 Å². The summed E-state index contributed by atoms with van der Waals surface area (Å²) in [4.78, 5) is 0.769. The van der Waals surface area contributed by atoms with Crippen molar-refractivity contribution in [3.8, 4) is 0 Å². The smallest absolute Gasteiger partial charge is 0.0151 e. The summed E-state index contributed by atoms with van der Waals surface area (Å²) >= 11 is 3.57. The molecule has 1 saturated carbocycles. The lowest BCUT2D eigenvalue weighted by Gasteiger charge is -1.97. The minimum Gasteiger partial charge on any atom is -0.103 e. The first-order valence-corrected chi connectivity index (χ1v) is 4.01. The van der Waals surface area contributed by atoms with Crippen LogP contribution in [0.25, 0.3) is 0 Å². The van der Waals surface area contributed by atoms with E-state index in [1.807, 2.05) is 0 Å². The molecule has 0 N–H and O–H groups in total. The normalized spacial score (nSPS) is 37.6. The van der Waals surface area contributed by atoms with Gasteiger partial charge in [0.1, 0.15) is 0 Å². The summed E-state index contributed by atoms with van der Waals surface area (Å²) in [6.07, 6.45) is 6.03. The number of hydrogen-bond acceptors (Lipinski definition) is 0. The van der Waals surface area contributed by atoms with Crippen LogP contribution in [0.2, 0.25) is 0 Å². The third kappa shape index (κ3) is 1.35. The molecule has 46 valence electrons. The molecule has 0 aromatic carbocycles. The largest absolute Gasteiger partial charge is 0.103 e. The highest BCUT2D eigenvalue weighted by Gasteiger charge is 2.18. The predicted molar refractivity (Wildman–Crippen MR) is 40.3 cm³/mol. The summed E-state index contributed by atoms with van der Waals surface area (Å²) in [5, 5.41) is 0. The van der Waals surface area contributed by atoms with E-state index in [2.05, 4.69) is 28.6 Å². The van der Waals surface area contributed by atoms with Crippen molar-refractivity contribution in [2.75, 3.05) is 0 Å². The fourth-order valence-corrected chi connectivity index (χ4v) is 1.92. The van der Waals surface area contributed by atoms with Gasteiger partial charge < -0.3 is 0 Å². The summed E-state index contributed by atoms with van der Waals surface area (Å²) < 4.78 is 0. The lowest BCUT2D eigenvalue weighted by Crippen LogP contribution is -1.88. The highest BCUT2D eigenvalue weighted by atomic mass is 79.9. The van der Waals surface area contributed by atoms with Crippen molar-refractivity contribution in [3.05, 3.63) is 12.7 Å².